The van der Waals surface area contributed by atoms with Crippen molar-refractivity contribution < 1.29 is 14.3 Å². The van der Waals surface area contributed by atoms with Crippen LogP contribution < -0.4 is 14.8 Å². The quantitative estimate of drug-likeness (QED) is 0.506. The highest BCUT2D eigenvalue weighted by molar-refractivity contribution is 5.92. The van der Waals surface area contributed by atoms with E-state index in [2.05, 4.69) is 65.9 Å². The number of carbonyl (C=O) groups is 1. The number of anilines is 1. The molecular formula is C26H37NO3. The summed E-state index contributed by atoms with van der Waals surface area (Å²) in [5.41, 5.74) is 3.03. The molecule has 164 valence electrons. The standard InChI is InChI=1S/C26H37NO3/c1-8-9-15-29-21-12-10-11-20(17-21)27-24(28)18-30-23-14-13-19(25(2,3)4)16-22(23)26(5,6)7/h10-14,16-17H,8-9,15,18H2,1-7H3,(H,27,28). The van der Waals surface area contributed by atoms with E-state index in [0.717, 1.165) is 29.9 Å². The van der Waals surface area contributed by atoms with Crippen LogP contribution >= 0.6 is 0 Å². The van der Waals surface area contributed by atoms with Crippen molar-refractivity contribution in [3.05, 3.63) is 53.6 Å². The van der Waals surface area contributed by atoms with Gasteiger partial charge in [-0.2, -0.15) is 0 Å². The Labute approximate surface area is 182 Å². The summed E-state index contributed by atoms with van der Waals surface area (Å²) in [5.74, 6) is 1.32. The molecule has 0 spiro atoms. The van der Waals surface area contributed by atoms with Crippen molar-refractivity contribution in [2.75, 3.05) is 18.5 Å². The lowest BCUT2D eigenvalue weighted by molar-refractivity contribution is -0.118. The van der Waals surface area contributed by atoms with Crippen molar-refractivity contribution >= 4 is 11.6 Å². The van der Waals surface area contributed by atoms with Crippen molar-refractivity contribution in [2.24, 2.45) is 0 Å². The number of ether oxygens (including phenoxy) is 2. The van der Waals surface area contributed by atoms with E-state index in [1.54, 1.807) is 0 Å². The monoisotopic (exact) mass is 411 g/mol. The Kier molecular flexibility index (Phi) is 7.94. The zero-order valence-corrected chi connectivity index (χ0v) is 19.6. The van der Waals surface area contributed by atoms with E-state index in [0.29, 0.717) is 12.3 Å². The van der Waals surface area contributed by atoms with E-state index in [4.69, 9.17) is 9.47 Å². The Bertz CT molecular complexity index is 844. The number of hydrogen-bond acceptors (Lipinski definition) is 3. The first-order chi connectivity index (χ1) is 14.0. The molecule has 1 amide bonds. The summed E-state index contributed by atoms with van der Waals surface area (Å²) in [5, 5.41) is 2.89. The van der Waals surface area contributed by atoms with Crippen LogP contribution in [0.2, 0.25) is 0 Å². The Balaban J connectivity index is 2.05. The minimum absolute atomic E-state index is 0.0428. The van der Waals surface area contributed by atoms with Gasteiger partial charge in [-0.05, 0) is 46.6 Å². The highest BCUT2D eigenvalue weighted by Gasteiger charge is 2.23. The summed E-state index contributed by atoms with van der Waals surface area (Å²) >= 11 is 0. The first kappa shape index (κ1) is 23.8. The van der Waals surface area contributed by atoms with Crippen LogP contribution in [0.25, 0.3) is 0 Å². The molecule has 1 N–H and O–H groups in total. The maximum atomic E-state index is 12.5. The van der Waals surface area contributed by atoms with Crippen LogP contribution in [0, 0.1) is 0 Å². The molecule has 0 saturated carbocycles. The first-order valence-electron chi connectivity index (χ1n) is 10.8. The Morgan fingerprint density at radius 3 is 2.30 bits per heavy atom. The molecule has 0 aliphatic heterocycles. The Morgan fingerprint density at radius 2 is 1.67 bits per heavy atom. The summed E-state index contributed by atoms with van der Waals surface area (Å²) in [6.45, 7) is 15.8. The molecule has 0 unspecified atom stereocenters. The lowest BCUT2D eigenvalue weighted by Gasteiger charge is -2.27. The molecule has 2 aromatic rings. The Hall–Kier alpha value is -2.49. The highest BCUT2D eigenvalue weighted by atomic mass is 16.5. The third kappa shape index (κ3) is 7.08. The number of nitrogens with one attached hydrogen (secondary N) is 1. The van der Waals surface area contributed by atoms with E-state index < -0.39 is 0 Å². The number of unbranched alkanes of at least 4 members (excludes halogenated alkanes) is 1. The minimum atomic E-state index is -0.194. The van der Waals surface area contributed by atoms with Gasteiger partial charge in [0.25, 0.3) is 5.91 Å². The van der Waals surface area contributed by atoms with Crippen LogP contribution in [-0.2, 0) is 15.6 Å². The third-order valence-electron chi connectivity index (χ3n) is 4.90. The normalized spacial score (nSPS) is 11.8. The molecule has 0 bridgehead atoms. The lowest BCUT2D eigenvalue weighted by Crippen LogP contribution is -2.22. The Morgan fingerprint density at radius 1 is 0.933 bits per heavy atom. The van der Waals surface area contributed by atoms with Gasteiger partial charge in [-0.15, -0.1) is 0 Å². The number of hydrogen-bond donors (Lipinski definition) is 1. The predicted octanol–water partition coefficient (Wildman–Crippen LogP) is 6.48. The van der Waals surface area contributed by atoms with Crippen molar-refractivity contribution in [2.45, 2.75) is 72.1 Å². The number of amides is 1. The molecule has 2 aromatic carbocycles. The predicted molar refractivity (Wildman–Crippen MR) is 125 cm³/mol. The minimum Gasteiger partial charge on any atom is -0.494 e. The molecule has 4 heteroatoms. The van der Waals surface area contributed by atoms with E-state index in [9.17, 15) is 4.79 Å². The molecular weight excluding hydrogens is 374 g/mol. The summed E-state index contributed by atoms with van der Waals surface area (Å²) in [6.07, 6.45) is 2.09. The van der Waals surface area contributed by atoms with Crippen molar-refractivity contribution in [3.8, 4) is 11.5 Å². The molecule has 0 saturated heterocycles. The molecule has 2 rings (SSSR count). The van der Waals surface area contributed by atoms with Gasteiger partial charge in [0.2, 0.25) is 0 Å². The van der Waals surface area contributed by atoms with Gasteiger partial charge in [0.05, 0.1) is 6.61 Å². The van der Waals surface area contributed by atoms with Gasteiger partial charge < -0.3 is 14.8 Å². The lowest BCUT2D eigenvalue weighted by atomic mass is 9.80. The molecule has 0 radical (unpaired) electrons. The van der Waals surface area contributed by atoms with Crippen molar-refractivity contribution in [1.29, 1.82) is 0 Å². The van der Waals surface area contributed by atoms with Crippen molar-refractivity contribution in [3.63, 3.8) is 0 Å². The van der Waals surface area contributed by atoms with E-state index in [1.165, 1.54) is 5.56 Å². The molecule has 0 aliphatic carbocycles. The zero-order valence-electron chi connectivity index (χ0n) is 19.6. The smallest absolute Gasteiger partial charge is 0.262 e. The maximum absolute atomic E-state index is 12.5. The molecule has 30 heavy (non-hydrogen) atoms. The topological polar surface area (TPSA) is 47.6 Å². The molecule has 0 heterocycles. The largest absolute Gasteiger partial charge is 0.494 e. The van der Waals surface area contributed by atoms with E-state index in [1.807, 2.05) is 30.3 Å². The molecule has 4 nitrogen and oxygen atoms in total. The van der Waals surface area contributed by atoms with Crippen LogP contribution in [0.3, 0.4) is 0 Å². The fraction of sp³-hybridized carbons (Fsp3) is 0.500. The highest BCUT2D eigenvalue weighted by Crippen LogP contribution is 2.35. The van der Waals surface area contributed by atoms with Gasteiger partial charge in [-0.25, -0.2) is 0 Å². The number of carbonyl (C=O) groups excluding carboxylic acids is 1. The summed E-state index contributed by atoms with van der Waals surface area (Å²) in [4.78, 5) is 12.5. The van der Waals surface area contributed by atoms with Gasteiger partial charge in [0.1, 0.15) is 11.5 Å². The summed E-state index contributed by atoms with van der Waals surface area (Å²) in [6, 6.07) is 13.7. The maximum Gasteiger partial charge on any atom is 0.262 e. The van der Waals surface area contributed by atoms with E-state index in [-0.39, 0.29) is 23.3 Å². The van der Waals surface area contributed by atoms with Gasteiger partial charge in [0, 0.05) is 11.8 Å². The fourth-order valence-corrected chi connectivity index (χ4v) is 3.05. The van der Waals surface area contributed by atoms with Gasteiger partial charge >= 0.3 is 0 Å². The second-order valence-corrected chi connectivity index (χ2v) is 9.78. The van der Waals surface area contributed by atoms with Crippen LogP contribution in [0.5, 0.6) is 11.5 Å². The average Bonchev–Trinajstić information content (AvgIpc) is 2.65. The molecule has 0 fully saturated rings. The van der Waals surface area contributed by atoms with E-state index >= 15 is 0 Å². The summed E-state index contributed by atoms with van der Waals surface area (Å²) in [7, 11) is 0. The molecule has 0 aromatic heterocycles. The third-order valence-corrected chi connectivity index (χ3v) is 4.90. The number of benzene rings is 2. The summed E-state index contributed by atoms with van der Waals surface area (Å²) < 4.78 is 11.6. The first-order valence-corrected chi connectivity index (χ1v) is 10.8. The van der Waals surface area contributed by atoms with Gasteiger partial charge in [-0.1, -0.05) is 73.1 Å². The van der Waals surface area contributed by atoms with Crippen LogP contribution in [0.1, 0.15) is 72.4 Å². The average molecular weight is 412 g/mol. The zero-order chi connectivity index (χ0) is 22.4. The molecule has 0 aliphatic rings. The van der Waals surface area contributed by atoms with Crippen LogP contribution in [0.15, 0.2) is 42.5 Å². The SMILES string of the molecule is CCCCOc1cccc(NC(=O)COc2ccc(C(C)(C)C)cc2C(C)(C)C)c1. The van der Waals surface area contributed by atoms with Gasteiger partial charge in [0.15, 0.2) is 6.61 Å². The van der Waals surface area contributed by atoms with Crippen molar-refractivity contribution in [1.82, 2.24) is 0 Å². The van der Waals surface area contributed by atoms with Gasteiger partial charge in [-0.3, -0.25) is 4.79 Å². The number of rotatable bonds is 8. The van der Waals surface area contributed by atoms with Crippen LogP contribution in [-0.4, -0.2) is 19.1 Å². The van der Waals surface area contributed by atoms with Crippen LogP contribution in [0.4, 0.5) is 5.69 Å². The molecule has 0 atom stereocenters. The second-order valence-electron chi connectivity index (χ2n) is 9.78. The second kappa shape index (κ2) is 10.0. The fourth-order valence-electron chi connectivity index (χ4n) is 3.05.